The molecule has 1 aliphatic rings. The van der Waals surface area contributed by atoms with Crippen molar-refractivity contribution < 1.29 is 14.9 Å². The van der Waals surface area contributed by atoms with Crippen LogP contribution in [0, 0.1) is 6.92 Å². The van der Waals surface area contributed by atoms with Crippen LogP contribution in [0.1, 0.15) is 29.8 Å². The monoisotopic (exact) mass is 398 g/mol. The van der Waals surface area contributed by atoms with Crippen molar-refractivity contribution in [3.8, 4) is 0 Å². The van der Waals surface area contributed by atoms with Crippen molar-refractivity contribution in [2.75, 3.05) is 31.2 Å². The Balaban J connectivity index is 1.53. The quantitative estimate of drug-likeness (QED) is 0.423. The number of hydrogen-bond donors (Lipinski definition) is 4. The van der Waals surface area contributed by atoms with Crippen molar-refractivity contribution in [1.82, 2.24) is 20.2 Å². The highest BCUT2D eigenvalue weighted by Gasteiger charge is 2.22. The summed E-state index contributed by atoms with van der Waals surface area (Å²) >= 11 is 0. The number of piperidine rings is 1. The van der Waals surface area contributed by atoms with E-state index in [4.69, 9.17) is 15.9 Å². The molecule has 0 aliphatic carbocycles. The first kappa shape index (κ1) is 20.5. The molecule has 2 amide bonds. The van der Waals surface area contributed by atoms with Gasteiger partial charge in [0.25, 0.3) is 0 Å². The highest BCUT2D eigenvalue weighted by atomic mass is 16.5. The molecule has 3 rings (SSSR count). The zero-order valence-corrected chi connectivity index (χ0v) is 16.8. The number of hydrogen-bond acceptors (Lipinski definition) is 6. The van der Waals surface area contributed by atoms with Crippen LogP contribution in [0.25, 0.3) is 0 Å². The molecule has 9 heteroatoms. The maximum absolute atomic E-state index is 12.4. The van der Waals surface area contributed by atoms with Crippen LogP contribution in [-0.4, -0.2) is 53.0 Å². The number of urea groups is 1. The fourth-order valence-electron chi connectivity index (χ4n) is 3.43. The Labute approximate surface area is 170 Å². The lowest BCUT2D eigenvalue weighted by Crippen LogP contribution is -2.48. The van der Waals surface area contributed by atoms with Gasteiger partial charge in [-0.15, -0.1) is 0 Å². The maximum Gasteiger partial charge on any atom is 0.370 e. The third kappa shape index (κ3) is 5.64. The van der Waals surface area contributed by atoms with E-state index in [1.54, 1.807) is 6.07 Å². The van der Waals surface area contributed by atoms with Gasteiger partial charge in [-0.25, -0.2) is 15.2 Å². The number of carbonyl (C=O) groups excluding carboxylic acids is 1. The van der Waals surface area contributed by atoms with Crippen LogP contribution in [0.2, 0.25) is 0 Å². The minimum atomic E-state index is -0.311. The number of rotatable bonds is 5. The van der Waals surface area contributed by atoms with E-state index < -0.39 is 0 Å². The summed E-state index contributed by atoms with van der Waals surface area (Å²) in [6, 6.07) is 7.34. The van der Waals surface area contributed by atoms with Crippen molar-refractivity contribution in [3.05, 3.63) is 47.4 Å². The molecule has 2 aromatic rings. The van der Waals surface area contributed by atoms with Crippen molar-refractivity contribution in [1.29, 1.82) is 0 Å². The second-order valence-corrected chi connectivity index (χ2v) is 7.17. The number of nitrogens with two attached hydrogens (primary N) is 2. The second-order valence-electron chi connectivity index (χ2n) is 7.17. The van der Waals surface area contributed by atoms with Gasteiger partial charge in [-0.05, 0) is 38.4 Å². The zero-order chi connectivity index (χ0) is 20.8. The minimum absolute atomic E-state index is 0.0580. The van der Waals surface area contributed by atoms with Crippen LogP contribution in [0.15, 0.2) is 30.5 Å². The topological polar surface area (TPSA) is 131 Å². The number of carbonyl (C=O) groups is 1. The Hall–Kier alpha value is -3.20. The predicted molar refractivity (Wildman–Crippen MR) is 111 cm³/mol. The number of nitrogen functional groups attached to an aromatic ring is 1. The largest absolute Gasteiger partial charge is 0.448 e. The van der Waals surface area contributed by atoms with Gasteiger partial charge in [0.05, 0.1) is 18.5 Å². The average molecular weight is 398 g/mol. The summed E-state index contributed by atoms with van der Waals surface area (Å²) in [7, 11) is 1.46. The smallest absolute Gasteiger partial charge is 0.370 e. The molecule has 3 heterocycles. The number of anilines is 2. The first-order valence-electron chi connectivity index (χ1n) is 9.59. The van der Waals surface area contributed by atoms with E-state index >= 15 is 0 Å². The van der Waals surface area contributed by atoms with Crippen LogP contribution in [0.5, 0.6) is 0 Å². The third-order valence-electron chi connectivity index (χ3n) is 4.84. The Morgan fingerprint density at radius 1 is 1.45 bits per heavy atom. The standard InChI is InChI=1S/C20H27N7O2/c1-13-5-3-6-14(24-13)11-27-8-4-7-15(12-27)25-20(28)26-18-9-17(21)16(10-23-18)19(22)29-2/h3,5-6,9-10,15,22H,4,7-8,11-12H2,1-2H3,(H4,21,23,25,26,28)/p+1/t15-/m1/s1. The van der Waals surface area contributed by atoms with Crippen molar-refractivity contribution in [2.24, 2.45) is 0 Å². The summed E-state index contributed by atoms with van der Waals surface area (Å²) in [6.07, 6.45) is 3.42. The van der Waals surface area contributed by atoms with Crippen molar-refractivity contribution in [3.63, 3.8) is 0 Å². The molecule has 0 spiro atoms. The molecule has 6 N–H and O–H groups in total. The molecule has 1 fully saturated rings. The Bertz CT molecular complexity index is 887. The van der Waals surface area contributed by atoms with Gasteiger partial charge < -0.3 is 15.8 Å². The third-order valence-corrected chi connectivity index (χ3v) is 4.84. The van der Waals surface area contributed by atoms with Crippen molar-refractivity contribution in [2.45, 2.75) is 32.4 Å². The van der Waals surface area contributed by atoms with Gasteiger partial charge in [0.2, 0.25) is 0 Å². The van der Waals surface area contributed by atoms with Gasteiger partial charge in [0, 0.05) is 37.1 Å². The Morgan fingerprint density at radius 3 is 3.00 bits per heavy atom. The lowest BCUT2D eigenvalue weighted by molar-refractivity contribution is -0.135. The van der Waals surface area contributed by atoms with Gasteiger partial charge >= 0.3 is 11.9 Å². The summed E-state index contributed by atoms with van der Waals surface area (Å²) in [5.41, 5.74) is 8.88. The van der Waals surface area contributed by atoms with E-state index in [1.165, 1.54) is 13.3 Å². The normalized spacial score (nSPS) is 16.8. The van der Waals surface area contributed by atoms with E-state index in [0.29, 0.717) is 17.1 Å². The lowest BCUT2D eigenvalue weighted by atomic mass is 10.1. The fraction of sp³-hybridized carbons (Fsp3) is 0.400. The summed E-state index contributed by atoms with van der Waals surface area (Å²) in [4.78, 5) is 23.4. The molecule has 0 saturated carbocycles. The number of amides is 2. The molecule has 1 aliphatic heterocycles. The van der Waals surface area contributed by atoms with E-state index in [-0.39, 0.29) is 18.0 Å². The molecule has 0 bridgehead atoms. The average Bonchev–Trinajstić information content (AvgIpc) is 2.68. The van der Waals surface area contributed by atoms with Gasteiger partial charge in [-0.2, -0.15) is 0 Å². The molecule has 29 heavy (non-hydrogen) atoms. The second kappa shape index (κ2) is 9.33. The van der Waals surface area contributed by atoms with Crippen LogP contribution in [0.4, 0.5) is 16.3 Å². The van der Waals surface area contributed by atoms with E-state index in [0.717, 1.165) is 43.9 Å². The minimum Gasteiger partial charge on any atom is -0.448 e. The summed E-state index contributed by atoms with van der Waals surface area (Å²) in [5.74, 6) is 0.528. The zero-order valence-electron chi connectivity index (χ0n) is 16.8. The molecular weight excluding hydrogens is 370 g/mol. The van der Waals surface area contributed by atoms with Gasteiger partial charge in [0.15, 0.2) is 0 Å². The van der Waals surface area contributed by atoms with Crippen LogP contribution in [0.3, 0.4) is 0 Å². The van der Waals surface area contributed by atoms with E-state index in [1.807, 2.05) is 25.1 Å². The SMILES string of the molecule is COC(=[NH2+])c1cnc(NC(=O)N[C@@H]2CCCN(Cc3cccc(C)n3)C2)cc1N. The summed E-state index contributed by atoms with van der Waals surface area (Å²) in [6.45, 7) is 4.53. The maximum atomic E-state index is 12.4. The number of methoxy groups -OCH3 is 1. The highest BCUT2D eigenvalue weighted by molar-refractivity contribution is 5.96. The number of pyridine rings is 2. The van der Waals surface area contributed by atoms with Crippen molar-refractivity contribution >= 4 is 23.4 Å². The molecule has 0 unspecified atom stereocenters. The summed E-state index contributed by atoms with van der Waals surface area (Å²) in [5, 5.41) is 11.5. The number of nitrogens with one attached hydrogen (secondary N) is 2. The molecular formula is C20H28N7O2+. The van der Waals surface area contributed by atoms with E-state index in [9.17, 15) is 4.79 Å². The number of likely N-dealkylation sites (tertiary alicyclic amines) is 1. The molecule has 154 valence electrons. The summed E-state index contributed by atoms with van der Waals surface area (Å²) < 4.78 is 4.96. The van der Waals surface area contributed by atoms with Gasteiger partial charge in [-0.3, -0.25) is 15.2 Å². The van der Waals surface area contributed by atoms with Crippen LogP contribution in [-0.2, 0) is 11.3 Å². The van der Waals surface area contributed by atoms with Crippen LogP contribution >= 0.6 is 0 Å². The Kier molecular flexibility index (Phi) is 6.61. The molecule has 9 nitrogen and oxygen atoms in total. The molecule has 1 atom stereocenters. The molecule has 2 aromatic heterocycles. The first-order valence-corrected chi connectivity index (χ1v) is 9.59. The number of ether oxygens (including phenoxy) is 1. The lowest BCUT2D eigenvalue weighted by Gasteiger charge is -2.32. The molecule has 0 aromatic carbocycles. The van der Waals surface area contributed by atoms with E-state index in [2.05, 4.69) is 25.5 Å². The number of aryl methyl sites for hydroxylation is 1. The predicted octanol–water partition coefficient (Wildman–Crippen LogP) is 0.305. The first-order chi connectivity index (χ1) is 13.9. The Morgan fingerprint density at radius 2 is 2.28 bits per heavy atom. The highest BCUT2D eigenvalue weighted by Crippen LogP contribution is 2.16. The fourth-order valence-corrected chi connectivity index (χ4v) is 3.43. The number of aromatic nitrogens is 2. The van der Waals surface area contributed by atoms with Crippen LogP contribution < -0.4 is 21.8 Å². The van der Waals surface area contributed by atoms with Gasteiger partial charge in [-0.1, -0.05) is 6.07 Å². The molecule has 1 saturated heterocycles. The molecule has 0 radical (unpaired) electrons. The van der Waals surface area contributed by atoms with Gasteiger partial charge in [0.1, 0.15) is 11.4 Å². The number of nitrogens with zero attached hydrogens (tertiary/aromatic N) is 3.